The number of rotatable bonds is 1. The number of hydrogen-bond donors (Lipinski definition) is 1. The molecule has 5 nitrogen and oxygen atoms in total. The highest BCUT2D eigenvalue weighted by molar-refractivity contribution is 5.91. The summed E-state index contributed by atoms with van der Waals surface area (Å²) < 4.78 is 5.34. The molecule has 0 aromatic heterocycles. The number of carbonyl (C=O) groups excluding carboxylic acids is 2. The summed E-state index contributed by atoms with van der Waals surface area (Å²) in [5.41, 5.74) is 4.84. The average Bonchev–Trinajstić information content (AvgIpc) is 2.55. The van der Waals surface area contributed by atoms with E-state index in [2.05, 4.69) is 0 Å². The first kappa shape index (κ1) is 16.0. The van der Waals surface area contributed by atoms with Crippen LogP contribution in [-0.2, 0) is 9.53 Å². The van der Waals surface area contributed by atoms with Gasteiger partial charge < -0.3 is 10.5 Å². The topological polar surface area (TPSA) is 72.6 Å². The average molecular weight is 270 g/mol. The quantitative estimate of drug-likeness (QED) is 0.790. The molecule has 1 amide bonds. The van der Waals surface area contributed by atoms with Crippen molar-refractivity contribution in [3.63, 3.8) is 0 Å². The summed E-state index contributed by atoms with van der Waals surface area (Å²) in [4.78, 5) is 26.0. The van der Waals surface area contributed by atoms with Crippen LogP contribution in [0.5, 0.6) is 0 Å². The number of hydrogen-bond acceptors (Lipinski definition) is 4. The molecule has 0 aromatic carbocycles. The molecule has 0 spiro atoms. The maximum atomic E-state index is 12.4. The summed E-state index contributed by atoms with van der Waals surface area (Å²) in [6.45, 7) is 11.4. The normalized spacial score (nSPS) is 24.5. The van der Waals surface area contributed by atoms with Crippen molar-refractivity contribution < 1.29 is 14.3 Å². The van der Waals surface area contributed by atoms with Crippen LogP contribution in [0, 0.1) is 5.41 Å². The van der Waals surface area contributed by atoms with Gasteiger partial charge in [-0.15, -0.1) is 0 Å². The summed E-state index contributed by atoms with van der Waals surface area (Å²) in [6.07, 6.45) is 0.0538. The largest absolute Gasteiger partial charge is 0.444 e. The Morgan fingerprint density at radius 1 is 1.16 bits per heavy atom. The highest BCUT2D eigenvalue weighted by atomic mass is 16.6. The second-order valence-electron chi connectivity index (χ2n) is 7.26. The Morgan fingerprint density at radius 3 is 2.11 bits per heavy atom. The fourth-order valence-corrected chi connectivity index (χ4v) is 2.14. The third-order valence-corrected chi connectivity index (χ3v) is 3.00. The van der Waals surface area contributed by atoms with Crippen LogP contribution in [0.4, 0.5) is 4.79 Å². The standard InChI is InChI=1S/C14H26N2O3/c1-13(2,3)11(17)10-7-9(15)8-16(10)12(18)19-14(4,5)6/h9-10H,7-8,15H2,1-6H3/t9-,10+/m0/s1. The van der Waals surface area contributed by atoms with Crippen LogP contribution in [0.15, 0.2) is 0 Å². The Morgan fingerprint density at radius 2 is 1.68 bits per heavy atom. The van der Waals surface area contributed by atoms with Gasteiger partial charge in [0.25, 0.3) is 0 Å². The van der Waals surface area contributed by atoms with Crippen molar-refractivity contribution in [1.29, 1.82) is 0 Å². The first-order chi connectivity index (χ1) is 8.42. The van der Waals surface area contributed by atoms with Gasteiger partial charge in [0.05, 0.1) is 6.04 Å². The van der Waals surface area contributed by atoms with E-state index in [1.165, 1.54) is 4.90 Å². The number of ether oxygens (including phenoxy) is 1. The highest BCUT2D eigenvalue weighted by Gasteiger charge is 2.43. The molecular formula is C14H26N2O3. The lowest BCUT2D eigenvalue weighted by Crippen LogP contribution is -2.46. The van der Waals surface area contributed by atoms with Gasteiger partial charge in [0.1, 0.15) is 5.60 Å². The van der Waals surface area contributed by atoms with E-state index in [-0.39, 0.29) is 11.8 Å². The minimum Gasteiger partial charge on any atom is -0.444 e. The third kappa shape index (κ3) is 4.20. The number of amides is 1. The van der Waals surface area contributed by atoms with Crippen molar-refractivity contribution in [1.82, 2.24) is 4.90 Å². The van der Waals surface area contributed by atoms with E-state index in [1.807, 2.05) is 41.5 Å². The lowest BCUT2D eigenvalue weighted by molar-refractivity contribution is -0.130. The molecule has 2 atom stereocenters. The summed E-state index contributed by atoms with van der Waals surface area (Å²) in [5, 5.41) is 0. The van der Waals surface area contributed by atoms with Crippen LogP contribution in [0.1, 0.15) is 48.0 Å². The molecule has 2 N–H and O–H groups in total. The number of ketones is 1. The molecule has 0 radical (unpaired) electrons. The molecule has 1 aliphatic heterocycles. The minimum atomic E-state index is -0.570. The van der Waals surface area contributed by atoms with Crippen LogP contribution >= 0.6 is 0 Å². The second kappa shape index (κ2) is 5.12. The van der Waals surface area contributed by atoms with Crippen LogP contribution < -0.4 is 5.73 Å². The van der Waals surface area contributed by atoms with Crippen LogP contribution in [0.3, 0.4) is 0 Å². The first-order valence-electron chi connectivity index (χ1n) is 6.71. The molecule has 1 heterocycles. The Balaban J connectivity index is 2.86. The molecule has 0 saturated carbocycles. The van der Waals surface area contributed by atoms with E-state index < -0.39 is 23.2 Å². The molecule has 5 heteroatoms. The number of carbonyl (C=O) groups is 2. The van der Waals surface area contributed by atoms with Gasteiger partial charge in [-0.1, -0.05) is 20.8 Å². The summed E-state index contributed by atoms with van der Waals surface area (Å²) in [7, 11) is 0. The van der Waals surface area contributed by atoms with Gasteiger partial charge in [0.2, 0.25) is 0 Å². The van der Waals surface area contributed by atoms with E-state index in [4.69, 9.17) is 10.5 Å². The number of Topliss-reactive ketones (excluding diaryl/α,β-unsaturated/α-hetero) is 1. The molecule has 0 unspecified atom stereocenters. The third-order valence-electron chi connectivity index (χ3n) is 3.00. The van der Waals surface area contributed by atoms with Crippen molar-refractivity contribution >= 4 is 11.9 Å². The van der Waals surface area contributed by atoms with E-state index >= 15 is 0 Å². The lowest BCUT2D eigenvalue weighted by atomic mass is 9.85. The van der Waals surface area contributed by atoms with Gasteiger partial charge >= 0.3 is 6.09 Å². The zero-order valence-corrected chi connectivity index (χ0v) is 12.8. The molecule has 0 aliphatic carbocycles. The summed E-state index contributed by atoms with van der Waals surface area (Å²) in [6, 6.07) is -0.631. The zero-order chi connectivity index (χ0) is 15.0. The van der Waals surface area contributed by atoms with Crippen LogP contribution in [0.25, 0.3) is 0 Å². The smallest absolute Gasteiger partial charge is 0.410 e. The predicted octanol–water partition coefficient (Wildman–Crippen LogP) is 1.94. The van der Waals surface area contributed by atoms with Gasteiger partial charge in [-0.25, -0.2) is 4.79 Å². The van der Waals surface area contributed by atoms with Gasteiger partial charge in [0, 0.05) is 18.0 Å². The fourth-order valence-electron chi connectivity index (χ4n) is 2.14. The SMILES string of the molecule is CC(C)(C)OC(=O)N1C[C@@H](N)C[C@@H]1C(=O)C(C)(C)C. The fraction of sp³-hybridized carbons (Fsp3) is 0.857. The maximum Gasteiger partial charge on any atom is 0.410 e. The molecule has 0 aromatic rings. The number of nitrogens with zero attached hydrogens (tertiary/aromatic N) is 1. The van der Waals surface area contributed by atoms with E-state index in [9.17, 15) is 9.59 Å². The van der Waals surface area contributed by atoms with Crippen molar-refractivity contribution in [2.75, 3.05) is 6.54 Å². The predicted molar refractivity (Wildman–Crippen MR) is 73.8 cm³/mol. The summed E-state index contributed by atoms with van der Waals surface area (Å²) >= 11 is 0. The van der Waals surface area contributed by atoms with Crippen molar-refractivity contribution in [3.8, 4) is 0 Å². The number of likely N-dealkylation sites (tertiary alicyclic amines) is 1. The van der Waals surface area contributed by atoms with Gasteiger partial charge in [0.15, 0.2) is 5.78 Å². The monoisotopic (exact) mass is 270 g/mol. The van der Waals surface area contributed by atoms with Crippen molar-refractivity contribution in [2.45, 2.75) is 65.6 Å². The minimum absolute atomic E-state index is 0.0336. The molecule has 1 rings (SSSR count). The maximum absolute atomic E-state index is 12.4. The molecule has 1 fully saturated rings. The Hall–Kier alpha value is -1.10. The first-order valence-corrected chi connectivity index (χ1v) is 6.71. The van der Waals surface area contributed by atoms with Crippen molar-refractivity contribution in [3.05, 3.63) is 0 Å². The molecule has 1 saturated heterocycles. The Labute approximate surface area is 115 Å². The molecule has 19 heavy (non-hydrogen) atoms. The molecular weight excluding hydrogens is 244 g/mol. The summed E-state index contributed by atoms with van der Waals surface area (Å²) in [5.74, 6) is 0.0336. The van der Waals surface area contributed by atoms with Gasteiger partial charge in [-0.3, -0.25) is 9.69 Å². The van der Waals surface area contributed by atoms with Crippen LogP contribution in [0.2, 0.25) is 0 Å². The van der Waals surface area contributed by atoms with Gasteiger partial charge in [-0.05, 0) is 27.2 Å². The molecule has 1 aliphatic rings. The zero-order valence-electron chi connectivity index (χ0n) is 12.8. The van der Waals surface area contributed by atoms with E-state index in [1.54, 1.807) is 0 Å². The van der Waals surface area contributed by atoms with Crippen LogP contribution in [-0.4, -0.2) is 41.0 Å². The van der Waals surface area contributed by atoms with E-state index in [0.717, 1.165) is 0 Å². The van der Waals surface area contributed by atoms with Gasteiger partial charge in [-0.2, -0.15) is 0 Å². The van der Waals surface area contributed by atoms with Crippen molar-refractivity contribution in [2.24, 2.45) is 11.1 Å². The number of nitrogens with two attached hydrogens (primary N) is 1. The lowest BCUT2D eigenvalue weighted by Gasteiger charge is -2.30. The Kier molecular flexibility index (Phi) is 4.30. The van der Waals surface area contributed by atoms with E-state index in [0.29, 0.717) is 13.0 Å². The highest BCUT2D eigenvalue weighted by Crippen LogP contribution is 2.27. The molecule has 110 valence electrons. The Bertz CT molecular complexity index is 366. The molecule has 0 bridgehead atoms. The second-order valence-corrected chi connectivity index (χ2v) is 7.26.